The fourth-order valence-electron chi connectivity index (χ4n) is 1.78. The summed E-state index contributed by atoms with van der Waals surface area (Å²) >= 11 is -1.93. The Labute approximate surface area is 83.7 Å². The quantitative estimate of drug-likeness (QED) is 0.695. The van der Waals surface area contributed by atoms with Crippen LogP contribution in [0.15, 0.2) is 0 Å². The van der Waals surface area contributed by atoms with Crippen molar-refractivity contribution in [1.82, 2.24) is 4.72 Å². The van der Waals surface area contributed by atoms with Crippen molar-refractivity contribution in [2.24, 2.45) is 5.41 Å². The molecule has 0 saturated heterocycles. The molecule has 0 aromatic heterocycles. The molecule has 1 atom stereocenters. The second-order valence-corrected chi connectivity index (χ2v) is 5.09. The van der Waals surface area contributed by atoms with Crippen molar-refractivity contribution < 1.29 is 8.76 Å². The first-order chi connectivity index (χ1) is 5.79. The molecule has 2 N–H and O–H groups in total. The SMILES string of the molecule is CCC(CC)(NS(=O)O)C(C)(C)C. The van der Waals surface area contributed by atoms with Crippen molar-refractivity contribution in [3.63, 3.8) is 0 Å². The fraction of sp³-hybridized carbons (Fsp3) is 1.00. The first-order valence-electron chi connectivity index (χ1n) is 4.67. The highest BCUT2D eigenvalue weighted by molar-refractivity contribution is 7.77. The van der Waals surface area contributed by atoms with E-state index in [9.17, 15) is 4.21 Å². The largest absolute Gasteiger partial charge is 0.294 e. The second kappa shape index (κ2) is 4.53. The summed E-state index contributed by atoms with van der Waals surface area (Å²) in [4.78, 5) is 0. The third kappa shape index (κ3) is 3.04. The van der Waals surface area contributed by atoms with Crippen molar-refractivity contribution in [3.8, 4) is 0 Å². The molecule has 0 spiro atoms. The molecule has 0 radical (unpaired) electrons. The Morgan fingerprint density at radius 2 is 1.62 bits per heavy atom. The fourth-order valence-corrected chi connectivity index (χ4v) is 2.70. The molecule has 0 aromatic carbocycles. The highest BCUT2D eigenvalue weighted by Crippen LogP contribution is 2.35. The number of nitrogens with one attached hydrogen (secondary N) is 1. The maximum atomic E-state index is 10.8. The number of rotatable bonds is 4. The minimum Gasteiger partial charge on any atom is -0.294 e. The van der Waals surface area contributed by atoms with Crippen LogP contribution < -0.4 is 4.72 Å². The van der Waals surface area contributed by atoms with Crippen LogP contribution >= 0.6 is 0 Å². The van der Waals surface area contributed by atoms with Crippen molar-refractivity contribution in [1.29, 1.82) is 0 Å². The van der Waals surface area contributed by atoms with Crippen LogP contribution in [-0.2, 0) is 11.3 Å². The predicted molar refractivity (Wildman–Crippen MR) is 56.7 cm³/mol. The summed E-state index contributed by atoms with van der Waals surface area (Å²) in [5.74, 6) is 0. The van der Waals surface area contributed by atoms with E-state index in [0.29, 0.717) is 0 Å². The van der Waals surface area contributed by atoms with Crippen molar-refractivity contribution in [2.75, 3.05) is 0 Å². The van der Waals surface area contributed by atoms with Gasteiger partial charge in [-0.1, -0.05) is 34.6 Å². The Morgan fingerprint density at radius 1 is 1.23 bits per heavy atom. The van der Waals surface area contributed by atoms with Gasteiger partial charge in [-0.25, -0.2) is 8.93 Å². The first-order valence-corrected chi connectivity index (χ1v) is 5.78. The van der Waals surface area contributed by atoms with Crippen LogP contribution in [0.2, 0.25) is 0 Å². The molecular formula is C9H21NO2S. The molecule has 0 heterocycles. The van der Waals surface area contributed by atoms with E-state index in [0.717, 1.165) is 12.8 Å². The molecule has 4 heteroatoms. The lowest BCUT2D eigenvalue weighted by Gasteiger charge is -2.43. The summed E-state index contributed by atoms with van der Waals surface area (Å²) in [7, 11) is 0. The molecule has 1 unspecified atom stereocenters. The molecule has 80 valence electrons. The molecular weight excluding hydrogens is 186 g/mol. The van der Waals surface area contributed by atoms with E-state index in [2.05, 4.69) is 25.5 Å². The predicted octanol–water partition coefficient (Wildman–Crippen LogP) is 2.32. The molecule has 0 fully saturated rings. The van der Waals surface area contributed by atoms with Gasteiger partial charge in [0.2, 0.25) is 11.3 Å². The van der Waals surface area contributed by atoms with Gasteiger partial charge in [0, 0.05) is 5.54 Å². The molecule has 3 nitrogen and oxygen atoms in total. The van der Waals surface area contributed by atoms with E-state index in [4.69, 9.17) is 4.55 Å². The van der Waals surface area contributed by atoms with Crippen LogP contribution in [0.3, 0.4) is 0 Å². The van der Waals surface area contributed by atoms with Crippen molar-refractivity contribution in [2.45, 2.75) is 53.0 Å². The minimum atomic E-state index is -1.93. The van der Waals surface area contributed by atoms with E-state index < -0.39 is 11.3 Å². The summed E-state index contributed by atoms with van der Waals surface area (Å²) < 4.78 is 22.4. The van der Waals surface area contributed by atoms with Crippen LogP contribution in [-0.4, -0.2) is 14.3 Å². The molecule has 0 bridgehead atoms. The standard InChI is InChI=1S/C9H21NO2S/c1-6-9(7-2,8(3,4)5)10-13(11)12/h10H,6-7H2,1-5H3,(H,11,12). The number of hydrogen-bond donors (Lipinski definition) is 2. The lowest BCUT2D eigenvalue weighted by molar-refractivity contribution is 0.152. The summed E-state index contributed by atoms with van der Waals surface area (Å²) in [6, 6.07) is 0. The average molecular weight is 207 g/mol. The maximum absolute atomic E-state index is 10.8. The van der Waals surface area contributed by atoms with Gasteiger partial charge in [-0.2, -0.15) is 0 Å². The van der Waals surface area contributed by atoms with Crippen LogP contribution in [0.25, 0.3) is 0 Å². The van der Waals surface area contributed by atoms with Crippen LogP contribution in [0.1, 0.15) is 47.5 Å². The molecule has 0 aromatic rings. The second-order valence-electron chi connectivity index (χ2n) is 4.39. The molecule has 13 heavy (non-hydrogen) atoms. The van der Waals surface area contributed by atoms with Crippen molar-refractivity contribution >= 4 is 11.3 Å². The van der Waals surface area contributed by atoms with Gasteiger partial charge in [0.05, 0.1) is 0 Å². The van der Waals surface area contributed by atoms with E-state index in [-0.39, 0.29) is 11.0 Å². The molecule has 0 saturated carbocycles. The smallest absolute Gasteiger partial charge is 0.232 e. The van der Waals surface area contributed by atoms with Gasteiger partial charge >= 0.3 is 0 Å². The molecule has 0 rings (SSSR count). The van der Waals surface area contributed by atoms with Gasteiger partial charge in [0.15, 0.2) is 0 Å². The summed E-state index contributed by atoms with van der Waals surface area (Å²) in [6.07, 6.45) is 1.69. The monoisotopic (exact) mass is 207 g/mol. The van der Waals surface area contributed by atoms with Crippen LogP contribution in [0.5, 0.6) is 0 Å². The summed E-state index contributed by atoms with van der Waals surface area (Å²) in [6.45, 7) is 10.3. The van der Waals surface area contributed by atoms with Gasteiger partial charge in [0.1, 0.15) is 0 Å². The maximum Gasteiger partial charge on any atom is 0.232 e. The zero-order valence-corrected chi connectivity index (χ0v) is 9.99. The topological polar surface area (TPSA) is 49.3 Å². The zero-order chi connectivity index (χ0) is 10.7. The van der Waals surface area contributed by atoms with Crippen LogP contribution in [0.4, 0.5) is 0 Å². The Balaban J connectivity index is 4.80. The molecule has 0 amide bonds. The van der Waals surface area contributed by atoms with Gasteiger partial charge < -0.3 is 0 Å². The van der Waals surface area contributed by atoms with Gasteiger partial charge in [-0.05, 0) is 18.3 Å². The van der Waals surface area contributed by atoms with E-state index in [1.165, 1.54) is 0 Å². The Hall–Kier alpha value is 0.0700. The molecule has 0 aliphatic rings. The van der Waals surface area contributed by atoms with Gasteiger partial charge in [-0.15, -0.1) is 0 Å². The number of hydrogen-bond acceptors (Lipinski definition) is 1. The third-order valence-electron chi connectivity index (χ3n) is 2.93. The van der Waals surface area contributed by atoms with Gasteiger partial charge in [0.25, 0.3) is 0 Å². The zero-order valence-electron chi connectivity index (χ0n) is 9.18. The highest BCUT2D eigenvalue weighted by Gasteiger charge is 2.39. The Kier molecular flexibility index (Phi) is 4.55. The lowest BCUT2D eigenvalue weighted by atomic mass is 9.71. The first kappa shape index (κ1) is 13.1. The molecule has 0 aliphatic heterocycles. The summed E-state index contributed by atoms with van der Waals surface area (Å²) in [5.41, 5.74) is -0.276. The van der Waals surface area contributed by atoms with E-state index in [1.807, 2.05) is 13.8 Å². The van der Waals surface area contributed by atoms with E-state index in [1.54, 1.807) is 0 Å². The van der Waals surface area contributed by atoms with Crippen LogP contribution in [0, 0.1) is 5.41 Å². The normalized spacial score (nSPS) is 15.8. The minimum absolute atomic E-state index is 0.0190. The average Bonchev–Trinajstić information content (AvgIpc) is 1.97. The Bertz CT molecular complexity index is 183. The van der Waals surface area contributed by atoms with Gasteiger partial charge in [-0.3, -0.25) is 4.55 Å². The third-order valence-corrected chi connectivity index (χ3v) is 3.49. The van der Waals surface area contributed by atoms with Crippen molar-refractivity contribution in [3.05, 3.63) is 0 Å². The Morgan fingerprint density at radius 3 is 1.69 bits per heavy atom. The lowest BCUT2D eigenvalue weighted by Crippen LogP contribution is -2.54. The summed E-state index contributed by atoms with van der Waals surface area (Å²) in [5, 5.41) is 0. The highest BCUT2D eigenvalue weighted by atomic mass is 32.2. The van der Waals surface area contributed by atoms with E-state index >= 15 is 0 Å². The molecule has 0 aliphatic carbocycles.